The smallest absolute Gasteiger partial charge is 0.160 e. The lowest BCUT2D eigenvalue weighted by Crippen LogP contribution is -1.96. The molecular weight excluding hydrogens is 500 g/mol. The number of benzene rings is 6. The largest absolute Gasteiger partial charge is 0.455 e. The first-order chi connectivity index (χ1) is 20.3. The van der Waals surface area contributed by atoms with Gasteiger partial charge in [-0.1, -0.05) is 133 Å². The first kappa shape index (κ1) is 23.4. The van der Waals surface area contributed by atoms with Crippen molar-refractivity contribution in [1.82, 2.24) is 9.97 Å². The molecule has 0 bridgehead atoms. The van der Waals surface area contributed by atoms with Crippen molar-refractivity contribution in [3.8, 4) is 45.0 Å². The molecule has 0 spiro atoms. The predicted octanol–water partition coefficient (Wildman–Crippen LogP) is 10.2. The normalized spacial score (nSPS) is 11.4. The van der Waals surface area contributed by atoms with E-state index in [9.17, 15) is 0 Å². The number of hydrogen-bond acceptors (Lipinski definition) is 3. The number of para-hydroxylation sites is 2. The third-order valence-electron chi connectivity index (χ3n) is 7.72. The van der Waals surface area contributed by atoms with Crippen LogP contribution in [0.4, 0.5) is 0 Å². The van der Waals surface area contributed by atoms with E-state index in [1.165, 1.54) is 10.8 Å². The molecule has 3 nitrogen and oxygen atoms in total. The van der Waals surface area contributed by atoms with Gasteiger partial charge in [0.15, 0.2) is 5.82 Å². The number of hydrogen-bond donors (Lipinski definition) is 0. The third-order valence-corrected chi connectivity index (χ3v) is 7.72. The summed E-state index contributed by atoms with van der Waals surface area (Å²) in [6.07, 6.45) is 0. The quantitative estimate of drug-likeness (QED) is 0.230. The maximum Gasteiger partial charge on any atom is 0.160 e. The summed E-state index contributed by atoms with van der Waals surface area (Å²) in [7, 11) is 0. The van der Waals surface area contributed by atoms with Crippen molar-refractivity contribution in [2.75, 3.05) is 0 Å². The molecule has 0 radical (unpaired) electrons. The molecule has 2 heterocycles. The van der Waals surface area contributed by atoms with Crippen LogP contribution in [0.2, 0.25) is 0 Å². The van der Waals surface area contributed by atoms with E-state index in [-0.39, 0.29) is 0 Å². The van der Waals surface area contributed by atoms with Crippen LogP contribution in [0.5, 0.6) is 0 Å². The van der Waals surface area contributed by atoms with Gasteiger partial charge in [0, 0.05) is 33.0 Å². The van der Waals surface area contributed by atoms with Crippen LogP contribution in [0, 0.1) is 0 Å². The van der Waals surface area contributed by atoms with Crippen LogP contribution in [0.15, 0.2) is 150 Å². The number of nitrogens with zero attached hydrogens (tertiary/aromatic N) is 2. The minimum Gasteiger partial charge on any atom is -0.455 e. The van der Waals surface area contributed by atoms with Crippen molar-refractivity contribution in [2.24, 2.45) is 0 Å². The lowest BCUT2D eigenvalue weighted by atomic mass is 9.98. The van der Waals surface area contributed by atoms with Crippen LogP contribution in [0.25, 0.3) is 77.7 Å². The van der Waals surface area contributed by atoms with Gasteiger partial charge >= 0.3 is 0 Å². The molecule has 0 amide bonds. The fourth-order valence-electron chi connectivity index (χ4n) is 5.69. The number of aromatic nitrogens is 2. The molecule has 0 fully saturated rings. The first-order valence-corrected chi connectivity index (χ1v) is 13.8. The lowest BCUT2D eigenvalue weighted by molar-refractivity contribution is 0.670. The number of fused-ring (bicyclic) bond motifs is 4. The van der Waals surface area contributed by atoms with Crippen molar-refractivity contribution in [3.63, 3.8) is 0 Å². The van der Waals surface area contributed by atoms with Gasteiger partial charge in [0.25, 0.3) is 0 Å². The van der Waals surface area contributed by atoms with Gasteiger partial charge in [-0.3, -0.25) is 0 Å². The minimum absolute atomic E-state index is 0.710. The summed E-state index contributed by atoms with van der Waals surface area (Å²) in [6, 6.07) is 50.2. The van der Waals surface area contributed by atoms with Gasteiger partial charge in [0.2, 0.25) is 0 Å². The zero-order chi connectivity index (χ0) is 27.2. The Kier molecular flexibility index (Phi) is 5.46. The zero-order valence-corrected chi connectivity index (χ0v) is 22.2. The van der Waals surface area contributed by atoms with Crippen molar-refractivity contribution in [2.45, 2.75) is 0 Å². The topological polar surface area (TPSA) is 38.9 Å². The molecule has 0 saturated carbocycles. The van der Waals surface area contributed by atoms with Gasteiger partial charge in [-0.05, 0) is 28.5 Å². The molecule has 6 aromatic carbocycles. The second-order valence-corrected chi connectivity index (χ2v) is 10.2. The SMILES string of the molecule is c1ccc(-c2nc(-c3ccc(-c4cccc5c4oc4ccccc45)cc3)cc(-c3cccc4ccccc34)n2)cc1. The Morgan fingerprint density at radius 1 is 0.415 bits per heavy atom. The Labute approximate surface area is 237 Å². The summed E-state index contributed by atoms with van der Waals surface area (Å²) >= 11 is 0. The first-order valence-electron chi connectivity index (χ1n) is 13.8. The highest BCUT2D eigenvalue weighted by Crippen LogP contribution is 2.37. The van der Waals surface area contributed by atoms with E-state index < -0.39 is 0 Å². The third kappa shape index (κ3) is 4.07. The molecule has 2 aromatic heterocycles. The van der Waals surface area contributed by atoms with Crippen molar-refractivity contribution in [3.05, 3.63) is 146 Å². The van der Waals surface area contributed by atoms with Crippen LogP contribution >= 0.6 is 0 Å². The summed E-state index contributed by atoms with van der Waals surface area (Å²) in [5.41, 5.74) is 8.90. The standard InChI is InChI=1S/C38H24N2O/c1-2-11-28(12-3-1)38-39-34(24-35(40-38)31-17-8-13-25-10-4-5-14-29(25)31)27-22-20-26(21-23-27)30-16-9-18-33-32-15-6-7-19-36(32)41-37(30)33/h1-24H. The van der Waals surface area contributed by atoms with Crippen LogP contribution in [0.3, 0.4) is 0 Å². The summed E-state index contributed by atoms with van der Waals surface area (Å²) in [5.74, 6) is 0.710. The van der Waals surface area contributed by atoms with E-state index in [2.05, 4.69) is 115 Å². The van der Waals surface area contributed by atoms with Gasteiger partial charge in [0.1, 0.15) is 11.2 Å². The van der Waals surface area contributed by atoms with Gasteiger partial charge < -0.3 is 4.42 Å². The highest BCUT2D eigenvalue weighted by atomic mass is 16.3. The molecule has 8 aromatic rings. The van der Waals surface area contributed by atoms with E-state index in [1.807, 2.05) is 30.3 Å². The summed E-state index contributed by atoms with van der Waals surface area (Å²) in [5, 5.41) is 4.63. The number of rotatable bonds is 4. The van der Waals surface area contributed by atoms with Crippen LogP contribution < -0.4 is 0 Å². The fraction of sp³-hybridized carbons (Fsp3) is 0. The van der Waals surface area contributed by atoms with Crippen molar-refractivity contribution >= 4 is 32.7 Å². The average molecular weight is 525 g/mol. The zero-order valence-electron chi connectivity index (χ0n) is 22.2. The molecule has 0 saturated heterocycles. The van der Waals surface area contributed by atoms with E-state index in [0.717, 1.165) is 61.1 Å². The van der Waals surface area contributed by atoms with E-state index >= 15 is 0 Å². The van der Waals surface area contributed by atoms with Gasteiger partial charge in [-0.15, -0.1) is 0 Å². The Morgan fingerprint density at radius 2 is 1.05 bits per heavy atom. The molecule has 0 aliphatic carbocycles. The average Bonchev–Trinajstić information content (AvgIpc) is 3.44. The molecule has 8 rings (SSSR count). The Balaban J connectivity index is 1.26. The van der Waals surface area contributed by atoms with Crippen LogP contribution in [-0.4, -0.2) is 9.97 Å². The maximum absolute atomic E-state index is 6.30. The molecule has 0 unspecified atom stereocenters. The van der Waals surface area contributed by atoms with Crippen LogP contribution in [-0.2, 0) is 0 Å². The lowest BCUT2D eigenvalue weighted by Gasteiger charge is -2.12. The van der Waals surface area contributed by atoms with E-state index in [1.54, 1.807) is 0 Å². The van der Waals surface area contributed by atoms with Gasteiger partial charge in [0.05, 0.1) is 11.4 Å². The Bertz CT molecular complexity index is 2190. The van der Waals surface area contributed by atoms with Gasteiger partial charge in [-0.25, -0.2) is 9.97 Å². The minimum atomic E-state index is 0.710. The van der Waals surface area contributed by atoms with E-state index in [4.69, 9.17) is 14.4 Å². The molecule has 41 heavy (non-hydrogen) atoms. The summed E-state index contributed by atoms with van der Waals surface area (Å²) < 4.78 is 6.30. The van der Waals surface area contributed by atoms with E-state index in [0.29, 0.717) is 5.82 Å². The fourth-order valence-corrected chi connectivity index (χ4v) is 5.69. The van der Waals surface area contributed by atoms with Crippen LogP contribution in [0.1, 0.15) is 0 Å². The molecular formula is C38H24N2O. The molecule has 0 atom stereocenters. The molecule has 192 valence electrons. The second-order valence-electron chi connectivity index (χ2n) is 10.2. The molecule has 0 N–H and O–H groups in total. The monoisotopic (exact) mass is 524 g/mol. The molecule has 0 aliphatic rings. The highest BCUT2D eigenvalue weighted by Gasteiger charge is 2.14. The molecule has 0 aliphatic heterocycles. The van der Waals surface area contributed by atoms with Crippen molar-refractivity contribution < 1.29 is 4.42 Å². The highest BCUT2D eigenvalue weighted by molar-refractivity contribution is 6.09. The summed E-state index contributed by atoms with van der Waals surface area (Å²) in [4.78, 5) is 10.1. The molecule has 3 heteroatoms. The summed E-state index contributed by atoms with van der Waals surface area (Å²) in [6.45, 7) is 0. The number of furan rings is 1. The van der Waals surface area contributed by atoms with Crippen molar-refractivity contribution in [1.29, 1.82) is 0 Å². The Hall–Kier alpha value is -5.54. The second kappa shape index (κ2) is 9.58. The van der Waals surface area contributed by atoms with Gasteiger partial charge in [-0.2, -0.15) is 0 Å². The predicted molar refractivity (Wildman–Crippen MR) is 169 cm³/mol. The Morgan fingerprint density at radius 3 is 1.93 bits per heavy atom. The maximum atomic E-state index is 6.30.